The second kappa shape index (κ2) is 10.8. The van der Waals surface area contributed by atoms with Gasteiger partial charge in [-0.05, 0) is 64.2 Å². The number of aryl methyl sites for hydroxylation is 1. The van der Waals surface area contributed by atoms with E-state index >= 15 is 0 Å². The molecular formula is C24H25BrN2O2. The molecule has 0 fully saturated rings. The Kier molecular flexibility index (Phi) is 7.82. The maximum absolute atomic E-state index is 13.0. The average molecular weight is 453 g/mol. The zero-order valence-electron chi connectivity index (χ0n) is 16.6. The molecule has 0 unspecified atom stereocenters. The van der Waals surface area contributed by atoms with Crippen LogP contribution in [0.1, 0.15) is 29.5 Å². The first-order chi connectivity index (χ1) is 14.1. The van der Waals surface area contributed by atoms with Gasteiger partial charge in [-0.1, -0.05) is 42.5 Å². The highest BCUT2D eigenvalue weighted by atomic mass is 79.9. The SMILES string of the molecule is Cc1ccccc1CN(Cc1cccnc1)C(=O)CCCOc1ccccc1Br. The van der Waals surface area contributed by atoms with Crippen LogP contribution < -0.4 is 4.74 Å². The highest BCUT2D eigenvalue weighted by molar-refractivity contribution is 9.10. The number of benzene rings is 2. The lowest BCUT2D eigenvalue weighted by Crippen LogP contribution is -2.30. The summed E-state index contributed by atoms with van der Waals surface area (Å²) < 4.78 is 6.72. The fourth-order valence-corrected chi connectivity index (χ4v) is 3.46. The second-order valence-corrected chi connectivity index (χ2v) is 7.77. The van der Waals surface area contributed by atoms with Crippen LogP contribution in [0, 0.1) is 6.92 Å². The van der Waals surface area contributed by atoms with Gasteiger partial charge < -0.3 is 9.64 Å². The molecule has 4 nitrogen and oxygen atoms in total. The summed E-state index contributed by atoms with van der Waals surface area (Å²) in [7, 11) is 0. The summed E-state index contributed by atoms with van der Waals surface area (Å²) in [5, 5.41) is 0. The zero-order chi connectivity index (χ0) is 20.5. The molecule has 0 saturated carbocycles. The van der Waals surface area contributed by atoms with E-state index in [9.17, 15) is 4.79 Å². The van der Waals surface area contributed by atoms with Crippen LogP contribution in [-0.4, -0.2) is 22.4 Å². The van der Waals surface area contributed by atoms with Crippen molar-refractivity contribution in [3.63, 3.8) is 0 Å². The Balaban J connectivity index is 1.60. The number of rotatable bonds is 9. The summed E-state index contributed by atoms with van der Waals surface area (Å²) >= 11 is 3.48. The minimum Gasteiger partial charge on any atom is -0.492 e. The van der Waals surface area contributed by atoms with Crippen molar-refractivity contribution < 1.29 is 9.53 Å². The number of hydrogen-bond acceptors (Lipinski definition) is 3. The van der Waals surface area contributed by atoms with E-state index < -0.39 is 0 Å². The highest BCUT2D eigenvalue weighted by Gasteiger charge is 2.15. The number of ether oxygens (including phenoxy) is 1. The van der Waals surface area contributed by atoms with Gasteiger partial charge in [0.1, 0.15) is 5.75 Å². The van der Waals surface area contributed by atoms with Crippen molar-refractivity contribution in [3.05, 3.63) is 94.2 Å². The number of amides is 1. The molecule has 0 atom stereocenters. The highest BCUT2D eigenvalue weighted by Crippen LogP contribution is 2.24. The first-order valence-electron chi connectivity index (χ1n) is 9.72. The van der Waals surface area contributed by atoms with Gasteiger partial charge in [-0.25, -0.2) is 0 Å². The second-order valence-electron chi connectivity index (χ2n) is 6.92. The average Bonchev–Trinajstić information content (AvgIpc) is 2.74. The number of carbonyl (C=O) groups is 1. The van der Waals surface area contributed by atoms with E-state index in [0.29, 0.717) is 32.5 Å². The third kappa shape index (κ3) is 6.43. The maximum atomic E-state index is 13.0. The van der Waals surface area contributed by atoms with Crippen LogP contribution in [0.15, 0.2) is 77.5 Å². The fourth-order valence-electron chi connectivity index (χ4n) is 3.06. The topological polar surface area (TPSA) is 42.4 Å². The molecule has 3 rings (SSSR count). The third-order valence-electron chi connectivity index (χ3n) is 4.70. The Bertz CT molecular complexity index is 931. The normalized spacial score (nSPS) is 10.6. The summed E-state index contributed by atoms with van der Waals surface area (Å²) in [5.41, 5.74) is 3.38. The number of carbonyl (C=O) groups excluding carboxylic acids is 1. The van der Waals surface area contributed by atoms with Crippen molar-refractivity contribution in [2.45, 2.75) is 32.9 Å². The Labute approximate surface area is 180 Å². The van der Waals surface area contributed by atoms with Gasteiger partial charge >= 0.3 is 0 Å². The Morgan fingerprint density at radius 3 is 2.59 bits per heavy atom. The van der Waals surface area contributed by atoms with E-state index in [4.69, 9.17) is 4.74 Å². The lowest BCUT2D eigenvalue weighted by molar-refractivity contribution is -0.132. The van der Waals surface area contributed by atoms with Gasteiger partial charge in [0.2, 0.25) is 5.91 Å². The number of halogens is 1. The molecule has 29 heavy (non-hydrogen) atoms. The molecular weight excluding hydrogens is 428 g/mol. The first kappa shape index (κ1) is 21.1. The van der Waals surface area contributed by atoms with Gasteiger partial charge in [0, 0.05) is 31.9 Å². The molecule has 1 amide bonds. The molecule has 2 aromatic carbocycles. The molecule has 5 heteroatoms. The number of nitrogens with zero attached hydrogens (tertiary/aromatic N) is 2. The summed E-state index contributed by atoms with van der Waals surface area (Å²) in [6.07, 6.45) is 4.66. The Hall–Kier alpha value is -2.66. The van der Waals surface area contributed by atoms with Gasteiger partial charge in [-0.15, -0.1) is 0 Å². The molecule has 3 aromatic rings. The van der Waals surface area contributed by atoms with Gasteiger partial charge in [0.05, 0.1) is 11.1 Å². The van der Waals surface area contributed by atoms with Crippen molar-refractivity contribution in [2.24, 2.45) is 0 Å². The van der Waals surface area contributed by atoms with E-state index in [2.05, 4.69) is 40.0 Å². The monoisotopic (exact) mass is 452 g/mol. The number of para-hydroxylation sites is 1. The quantitative estimate of drug-likeness (QED) is 0.400. The first-order valence-corrected chi connectivity index (χ1v) is 10.5. The van der Waals surface area contributed by atoms with Crippen molar-refractivity contribution in [3.8, 4) is 5.75 Å². The van der Waals surface area contributed by atoms with Crippen molar-refractivity contribution in [1.82, 2.24) is 9.88 Å². The van der Waals surface area contributed by atoms with Crippen molar-refractivity contribution in [1.29, 1.82) is 0 Å². The lowest BCUT2D eigenvalue weighted by atomic mass is 10.1. The Morgan fingerprint density at radius 1 is 1.03 bits per heavy atom. The largest absolute Gasteiger partial charge is 0.492 e. The minimum atomic E-state index is 0.118. The van der Waals surface area contributed by atoms with E-state index in [0.717, 1.165) is 21.3 Å². The predicted molar refractivity (Wildman–Crippen MR) is 119 cm³/mol. The fraction of sp³-hybridized carbons (Fsp3) is 0.250. The molecule has 0 N–H and O–H groups in total. The van der Waals surface area contributed by atoms with Crippen LogP contribution in [0.3, 0.4) is 0 Å². The van der Waals surface area contributed by atoms with Gasteiger partial charge in [0.15, 0.2) is 0 Å². The van der Waals surface area contributed by atoms with E-state index in [1.165, 1.54) is 5.56 Å². The summed E-state index contributed by atoms with van der Waals surface area (Å²) in [6.45, 7) is 3.71. The molecule has 0 saturated heterocycles. The molecule has 0 aliphatic carbocycles. The summed E-state index contributed by atoms with van der Waals surface area (Å²) in [4.78, 5) is 19.1. The van der Waals surface area contributed by atoms with Crippen LogP contribution in [0.25, 0.3) is 0 Å². The molecule has 0 aliphatic heterocycles. The third-order valence-corrected chi connectivity index (χ3v) is 5.36. The van der Waals surface area contributed by atoms with Crippen LogP contribution in [-0.2, 0) is 17.9 Å². The summed E-state index contributed by atoms with van der Waals surface area (Å²) in [5.74, 6) is 0.917. The molecule has 0 aliphatic rings. The molecule has 1 heterocycles. The molecule has 1 aromatic heterocycles. The lowest BCUT2D eigenvalue weighted by Gasteiger charge is -2.24. The number of aromatic nitrogens is 1. The molecule has 0 radical (unpaired) electrons. The smallest absolute Gasteiger partial charge is 0.223 e. The van der Waals surface area contributed by atoms with Crippen molar-refractivity contribution in [2.75, 3.05) is 6.61 Å². The van der Waals surface area contributed by atoms with Crippen LogP contribution in [0.5, 0.6) is 5.75 Å². The summed E-state index contributed by atoms with van der Waals surface area (Å²) in [6, 6.07) is 19.8. The van der Waals surface area contributed by atoms with Gasteiger partial charge in [-0.3, -0.25) is 9.78 Å². The zero-order valence-corrected chi connectivity index (χ0v) is 18.1. The van der Waals surface area contributed by atoms with E-state index in [1.54, 1.807) is 6.20 Å². The minimum absolute atomic E-state index is 0.118. The molecule has 150 valence electrons. The van der Waals surface area contributed by atoms with Crippen LogP contribution in [0.4, 0.5) is 0 Å². The van der Waals surface area contributed by atoms with Gasteiger partial charge in [-0.2, -0.15) is 0 Å². The number of pyridine rings is 1. The van der Waals surface area contributed by atoms with E-state index in [1.807, 2.05) is 59.6 Å². The van der Waals surface area contributed by atoms with Crippen LogP contribution in [0.2, 0.25) is 0 Å². The number of hydrogen-bond donors (Lipinski definition) is 0. The molecule has 0 spiro atoms. The maximum Gasteiger partial charge on any atom is 0.223 e. The standard InChI is InChI=1S/C24H25BrN2O2/c1-19-8-2-3-10-21(19)18-27(17-20-9-6-14-26-16-20)24(28)13-7-15-29-23-12-5-4-11-22(23)25/h2-6,8-12,14,16H,7,13,15,17-18H2,1H3. The Morgan fingerprint density at radius 2 is 1.83 bits per heavy atom. The van der Waals surface area contributed by atoms with Crippen LogP contribution >= 0.6 is 15.9 Å². The van der Waals surface area contributed by atoms with E-state index in [-0.39, 0.29) is 5.91 Å². The predicted octanol–water partition coefficient (Wildman–Crippen LogP) is 5.54. The molecule has 0 bridgehead atoms. The van der Waals surface area contributed by atoms with Gasteiger partial charge in [0.25, 0.3) is 0 Å². The van der Waals surface area contributed by atoms with Crippen molar-refractivity contribution >= 4 is 21.8 Å².